The number of anilines is 2. The summed E-state index contributed by atoms with van der Waals surface area (Å²) in [5.41, 5.74) is 3.38. The SMILES string of the molecule is C#Cc1ccc(NC(=O)Nc2ccc(C)cc2)cc1. The molecule has 0 aliphatic rings. The van der Waals surface area contributed by atoms with E-state index < -0.39 is 0 Å². The molecule has 2 amide bonds. The predicted octanol–water partition coefficient (Wildman–Crippen LogP) is 3.62. The summed E-state index contributed by atoms with van der Waals surface area (Å²) in [6.45, 7) is 2.00. The topological polar surface area (TPSA) is 41.1 Å². The zero-order valence-corrected chi connectivity index (χ0v) is 10.6. The molecule has 0 saturated carbocycles. The van der Waals surface area contributed by atoms with Crippen molar-refractivity contribution in [3.8, 4) is 12.3 Å². The molecule has 0 radical (unpaired) electrons. The summed E-state index contributed by atoms with van der Waals surface area (Å²) >= 11 is 0. The Kier molecular flexibility index (Phi) is 3.84. The highest BCUT2D eigenvalue weighted by atomic mass is 16.2. The first kappa shape index (κ1) is 12.7. The van der Waals surface area contributed by atoms with Crippen molar-refractivity contribution >= 4 is 17.4 Å². The molecule has 2 N–H and O–H groups in total. The first-order valence-corrected chi connectivity index (χ1v) is 5.89. The highest BCUT2D eigenvalue weighted by molar-refractivity contribution is 5.99. The van der Waals surface area contributed by atoms with Crippen molar-refractivity contribution < 1.29 is 4.79 Å². The molecule has 19 heavy (non-hydrogen) atoms. The highest BCUT2D eigenvalue weighted by Crippen LogP contribution is 2.11. The monoisotopic (exact) mass is 250 g/mol. The molecule has 0 aliphatic carbocycles. The van der Waals surface area contributed by atoms with Gasteiger partial charge in [-0.3, -0.25) is 0 Å². The van der Waals surface area contributed by atoms with Gasteiger partial charge in [0.05, 0.1) is 0 Å². The second-order valence-corrected chi connectivity index (χ2v) is 4.17. The number of hydrogen-bond donors (Lipinski definition) is 2. The molecule has 0 bridgehead atoms. The van der Waals surface area contributed by atoms with E-state index in [1.807, 2.05) is 31.2 Å². The second-order valence-electron chi connectivity index (χ2n) is 4.17. The average molecular weight is 250 g/mol. The molecule has 0 aromatic heterocycles. The van der Waals surface area contributed by atoms with Crippen LogP contribution in [0.4, 0.5) is 16.2 Å². The number of hydrogen-bond acceptors (Lipinski definition) is 1. The van der Waals surface area contributed by atoms with Gasteiger partial charge in [-0.25, -0.2) is 4.79 Å². The van der Waals surface area contributed by atoms with Gasteiger partial charge in [-0.2, -0.15) is 0 Å². The standard InChI is InChI=1S/C16H14N2O/c1-3-13-6-10-15(11-7-13)18-16(19)17-14-8-4-12(2)5-9-14/h1,4-11H,2H3,(H2,17,18,19). The van der Waals surface area contributed by atoms with Crippen LogP contribution in [0.1, 0.15) is 11.1 Å². The van der Waals surface area contributed by atoms with Gasteiger partial charge in [0.25, 0.3) is 0 Å². The third-order valence-electron chi connectivity index (χ3n) is 2.62. The molecule has 0 aliphatic heterocycles. The molecule has 0 spiro atoms. The lowest BCUT2D eigenvalue weighted by molar-refractivity contribution is 0.262. The maximum atomic E-state index is 11.8. The molecule has 0 fully saturated rings. The lowest BCUT2D eigenvalue weighted by Gasteiger charge is -2.07. The number of urea groups is 1. The second kappa shape index (κ2) is 5.74. The van der Waals surface area contributed by atoms with Gasteiger partial charge >= 0.3 is 6.03 Å². The van der Waals surface area contributed by atoms with E-state index in [1.165, 1.54) is 0 Å². The lowest BCUT2D eigenvalue weighted by atomic mass is 10.2. The van der Waals surface area contributed by atoms with E-state index in [4.69, 9.17) is 6.42 Å². The summed E-state index contributed by atoms with van der Waals surface area (Å²) < 4.78 is 0. The number of benzene rings is 2. The Bertz CT molecular complexity index is 607. The van der Waals surface area contributed by atoms with Gasteiger partial charge in [-0.1, -0.05) is 23.6 Å². The minimum Gasteiger partial charge on any atom is -0.308 e. The summed E-state index contributed by atoms with van der Waals surface area (Å²) in [5.74, 6) is 2.52. The van der Waals surface area contributed by atoms with Gasteiger partial charge in [0.15, 0.2) is 0 Å². The first-order valence-electron chi connectivity index (χ1n) is 5.89. The fourth-order valence-corrected chi connectivity index (χ4v) is 1.58. The van der Waals surface area contributed by atoms with Gasteiger partial charge in [-0.15, -0.1) is 6.42 Å². The van der Waals surface area contributed by atoms with E-state index in [1.54, 1.807) is 24.3 Å². The third-order valence-corrected chi connectivity index (χ3v) is 2.62. The Morgan fingerprint density at radius 2 is 1.42 bits per heavy atom. The van der Waals surface area contributed by atoms with Gasteiger partial charge in [0.1, 0.15) is 0 Å². The predicted molar refractivity (Wildman–Crippen MR) is 78.2 cm³/mol. The van der Waals surface area contributed by atoms with Crippen LogP contribution in [-0.2, 0) is 0 Å². The minimum atomic E-state index is -0.280. The number of carbonyl (C=O) groups is 1. The van der Waals surface area contributed by atoms with Crippen LogP contribution in [0, 0.1) is 19.3 Å². The molecule has 0 saturated heterocycles. The van der Waals surface area contributed by atoms with Crippen LogP contribution in [0.2, 0.25) is 0 Å². The summed E-state index contributed by atoms with van der Waals surface area (Å²) in [7, 11) is 0. The fourth-order valence-electron chi connectivity index (χ4n) is 1.58. The summed E-state index contributed by atoms with van der Waals surface area (Å²) in [4.78, 5) is 11.8. The third kappa shape index (κ3) is 3.62. The molecule has 3 heteroatoms. The minimum absolute atomic E-state index is 0.280. The van der Waals surface area contributed by atoms with Crippen molar-refractivity contribution in [2.24, 2.45) is 0 Å². The van der Waals surface area contributed by atoms with Crippen molar-refractivity contribution in [3.05, 3.63) is 59.7 Å². The van der Waals surface area contributed by atoms with Crippen LogP contribution in [0.5, 0.6) is 0 Å². The normalized spacial score (nSPS) is 9.47. The van der Waals surface area contributed by atoms with E-state index >= 15 is 0 Å². The zero-order valence-electron chi connectivity index (χ0n) is 10.6. The van der Waals surface area contributed by atoms with Crippen LogP contribution < -0.4 is 10.6 Å². The van der Waals surface area contributed by atoms with Crippen LogP contribution >= 0.6 is 0 Å². The van der Waals surface area contributed by atoms with Gasteiger partial charge in [0, 0.05) is 16.9 Å². The average Bonchev–Trinajstić information content (AvgIpc) is 2.42. The van der Waals surface area contributed by atoms with Crippen LogP contribution in [0.3, 0.4) is 0 Å². The van der Waals surface area contributed by atoms with E-state index in [9.17, 15) is 4.79 Å². The van der Waals surface area contributed by atoms with Gasteiger partial charge in [0.2, 0.25) is 0 Å². The highest BCUT2D eigenvalue weighted by Gasteiger charge is 2.02. The van der Waals surface area contributed by atoms with Crippen molar-refractivity contribution in [2.75, 3.05) is 10.6 Å². The zero-order chi connectivity index (χ0) is 13.7. The number of carbonyl (C=O) groups excluding carboxylic acids is 1. The molecule has 2 rings (SSSR count). The Balaban J connectivity index is 1.97. The molecule has 0 unspecified atom stereocenters. The number of nitrogens with one attached hydrogen (secondary N) is 2. The number of aryl methyl sites for hydroxylation is 1. The largest absolute Gasteiger partial charge is 0.323 e. The smallest absolute Gasteiger partial charge is 0.308 e. The number of terminal acetylenes is 1. The Morgan fingerprint density at radius 1 is 0.947 bits per heavy atom. The molecule has 0 heterocycles. The van der Waals surface area contributed by atoms with Gasteiger partial charge < -0.3 is 10.6 Å². The summed E-state index contributed by atoms with van der Waals surface area (Å²) in [6, 6.07) is 14.4. The van der Waals surface area contributed by atoms with Crippen molar-refractivity contribution in [1.82, 2.24) is 0 Å². The van der Waals surface area contributed by atoms with E-state index in [0.29, 0.717) is 5.69 Å². The van der Waals surface area contributed by atoms with E-state index in [0.717, 1.165) is 16.8 Å². The maximum absolute atomic E-state index is 11.8. The molecule has 94 valence electrons. The van der Waals surface area contributed by atoms with E-state index in [2.05, 4.69) is 16.6 Å². The maximum Gasteiger partial charge on any atom is 0.323 e. The lowest BCUT2D eigenvalue weighted by Crippen LogP contribution is -2.19. The molecule has 2 aromatic carbocycles. The Labute approximate surface area is 112 Å². The van der Waals surface area contributed by atoms with Crippen LogP contribution in [-0.4, -0.2) is 6.03 Å². The molecule has 2 aromatic rings. The van der Waals surface area contributed by atoms with Crippen molar-refractivity contribution in [1.29, 1.82) is 0 Å². The van der Waals surface area contributed by atoms with Crippen LogP contribution in [0.15, 0.2) is 48.5 Å². The fraction of sp³-hybridized carbons (Fsp3) is 0.0625. The number of amides is 2. The molecule has 3 nitrogen and oxygen atoms in total. The van der Waals surface area contributed by atoms with Gasteiger partial charge in [-0.05, 0) is 43.3 Å². The number of rotatable bonds is 2. The van der Waals surface area contributed by atoms with Crippen LogP contribution in [0.25, 0.3) is 0 Å². The Morgan fingerprint density at radius 3 is 1.89 bits per heavy atom. The van der Waals surface area contributed by atoms with Crippen molar-refractivity contribution in [2.45, 2.75) is 6.92 Å². The first-order chi connectivity index (χ1) is 9.17. The summed E-state index contributed by atoms with van der Waals surface area (Å²) in [6.07, 6.45) is 5.27. The quantitative estimate of drug-likeness (QED) is 0.785. The van der Waals surface area contributed by atoms with Crippen molar-refractivity contribution in [3.63, 3.8) is 0 Å². The molecule has 0 atom stereocenters. The Hall–Kier alpha value is -2.73. The molecular formula is C16H14N2O. The van der Waals surface area contributed by atoms with E-state index in [-0.39, 0.29) is 6.03 Å². The molecular weight excluding hydrogens is 236 g/mol. The summed E-state index contributed by atoms with van der Waals surface area (Å²) in [5, 5.41) is 5.49.